The monoisotopic (exact) mass is 519 g/mol. The average molecular weight is 520 g/mol. The van der Waals surface area contributed by atoms with Gasteiger partial charge < -0.3 is 19.4 Å². The molecule has 1 fully saturated rings. The second kappa shape index (κ2) is 9.89. The Morgan fingerprint density at radius 2 is 1.92 bits per heavy atom. The third-order valence-electron chi connectivity index (χ3n) is 6.85. The van der Waals surface area contributed by atoms with E-state index in [2.05, 4.69) is 4.99 Å². The quantitative estimate of drug-likeness (QED) is 0.472. The number of benzene rings is 2. The first-order valence-electron chi connectivity index (χ1n) is 12.4. The molecule has 2 heterocycles. The number of amidine groups is 1. The van der Waals surface area contributed by atoms with Gasteiger partial charge in [0.1, 0.15) is 30.4 Å². The summed E-state index contributed by atoms with van der Waals surface area (Å²) in [5.41, 5.74) is 3.04. The number of aliphatic imine (C=N–C) groups is 2. The fourth-order valence-electron chi connectivity index (χ4n) is 4.79. The number of allylic oxidation sites excluding steroid dienone is 2. The van der Waals surface area contributed by atoms with Crippen molar-refractivity contribution in [3.63, 3.8) is 0 Å². The van der Waals surface area contributed by atoms with Crippen molar-refractivity contribution in [2.45, 2.75) is 52.4 Å². The fourth-order valence-corrected chi connectivity index (χ4v) is 5.11. The Kier molecular flexibility index (Phi) is 6.79. The number of fused-ring (bicyclic) bond motifs is 1. The smallest absolute Gasteiger partial charge is 0.263 e. The number of aliphatic carboxylic acids is 1. The predicted molar refractivity (Wildman–Crippen MR) is 140 cm³/mol. The van der Waals surface area contributed by atoms with Gasteiger partial charge in [-0.15, -0.1) is 4.00 Å². The Morgan fingerprint density at radius 3 is 2.62 bits per heavy atom. The number of carbonyl (C=O) groups is 1. The number of nitrogens with zero attached hydrogens (tertiary/aromatic N) is 3. The van der Waals surface area contributed by atoms with Crippen LogP contribution in [0.2, 0.25) is 0 Å². The van der Waals surface area contributed by atoms with Gasteiger partial charge in [0.2, 0.25) is 5.70 Å². The molecule has 2 atom stereocenters. The molecule has 5 rings (SSSR count). The van der Waals surface area contributed by atoms with E-state index >= 15 is 0 Å². The van der Waals surface area contributed by atoms with Gasteiger partial charge in [-0.1, -0.05) is 57.2 Å². The molecule has 0 aromatic heterocycles. The Bertz CT molecular complexity index is 1310. The number of carboxylic acid groups (broad SMARTS) is 1. The molecule has 1 aliphatic carbocycles. The van der Waals surface area contributed by atoms with Crippen molar-refractivity contribution in [2.75, 3.05) is 0 Å². The van der Waals surface area contributed by atoms with Crippen LogP contribution in [0.25, 0.3) is 0 Å². The van der Waals surface area contributed by atoms with Crippen molar-refractivity contribution in [3.05, 3.63) is 89.5 Å². The van der Waals surface area contributed by atoms with E-state index in [0.717, 1.165) is 28.3 Å². The second-order valence-corrected chi connectivity index (χ2v) is 11.2. The van der Waals surface area contributed by atoms with Crippen LogP contribution >= 0.6 is 11.8 Å². The molecule has 0 radical (unpaired) electrons. The van der Waals surface area contributed by atoms with Gasteiger partial charge in [-0.05, 0) is 42.0 Å². The van der Waals surface area contributed by atoms with Gasteiger partial charge in [-0.2, -0.15) is 4.99 Å². The van der Waals surface area contributed by atoms with Gasteiger partial charge in [0.05, 0.1) is 30.1 Å². The lowest BCUT2D eigenvalue weighted by atomic mass is 9.78. The SMILES string of the molecule is CC(C)(C)C(OC1CC(C2=C3C=NC=C[N+]3(Cl)C(c3cccc(OCc4ccccc4)c3)=N2)C1)C(=O)[O-]. The minimum atomic E-state index is -1.19. The standard InChI is InChI=1S/C29H30ClN3O4/c1-29(2,3)26(28(34)35)37-23-15-21(16-23)25-24-17-31-12-13-33(24,30)27(32-25)20-10-7-11-22(14-20)36-18-19-8-5-4-6-9-19/h4-14,17,21,23,26H,15-16,18H2,1-3H3. The third-order valence-corrected chi connectivity index (χ3v) is 7.31. The molecule has 8 heteroatoms. The molecular weight excluding hydrogens is 490 g/mol. The molecule has 0 N–H and O–H groups in total. The summed E-state index contributed by atoms with van der Waals surface area (Å²) >= 11 is 7.15. The largest absolute Gasteiger partial charge is 0.547 e. The summed E-state index contributed by atoms with van der Waals surface area (Å²) in [6.07, 6.45) is 5.39. The molecule has 0 bridgehead atoms. The van der Waals surface area contributed by atoms with Crippen molar-refractivity contribution >= 4 is 29.8 Å². The summed E-state index contributed by atoms with van der Waals surface area (Å²) in [6, 6.07) is 17.8. The lowest BCUT2D eigenvalue weighted by Crippen LogP contribution is -2.49. The third kappa shape index (κ3) is 5.12. The minimum Gasteiger partial charge on any atom is -0.547 e. The summed E-state index contributed by atoms with van der Waals surface area (Å²) in [5.74, 6) is 0.302. The number of halogens is 1. The van der Waals surface area contributed by atoms with Crippen molar-refractivity contribution in [1.82, 2.24) is 0 Å². The maximum Gasteiger partial charge on any atom is 0.263 e. The highest BCUT2D eigenvalue weighted by Crippen LogP contribution is 2.46. The summed E-state index contributed by atoms with van der Waals surface area (Å²) in [6.45, 7) is 5.97. The summed E-state index contributed by atoms with van der Waals surface area (Å²) in [4.78, 5) is 20.9. The normalized spacial score (nSPS) is 25.4. The number of carbonyl (C=O) groups excluding carboxylic acids is 1. The van der Waals surface area contributed by atoms with Crippen LogP contribution in [0.15, 0.2) is 88.4 Å². The first-order chi connectivity index (χ1) is 17.6. The van der Waals surface area contributed by atoms with E-state index in [1.54, 1.807) is 18.6 Å². The number of ether oxygens (including phenoxy) is 2. The molecule has 0 saturated heterocycles. The number of carboxylic acids is 1. The Labute approximate surface area is 222 Å². The minimum absolute atomic E-state index is 0.0894. The van der Waals surface area contributed by atoms with Crippen molar-refractivity contribution in [2.24, 2.45) is 21.3 Å². The molecule has 192 valence electrons. The molecule has 0 amide bonds. The van der Waals surface area contributed by atoms with Crippen LogP contribution in [0.3, 0.4) is 0 Å². The van der Waals surface area contributed by atoms with Crippen LogP contribution in [-0.4, -0.2) is 34.2 Å². The molecule has 37 heavy (non-hydrogen) atoms. The average Bonchev–Trinajstić information content (AvgIpc) is 3.14. The van der Waals surface area contributed by atoms with Gasteiger partial charge in [-0.25, -0.2) is 0 Å². The molecule has 2 aromatic rings. The summed E-state index contributed by atoms with van der Waals surface area (Å²) in [7, 11) is 0. The highest BCUT2D eigenvalue weighted by Gasteiger charge is 2.50. The first-order valence-corrected chi connectivity index (χ1v) is 12.8. The van der Waals surface area contributed by atoms with Crippen molar-refractivity contribution in [3.8, 4) is 5.75 Å². The number of hydrogen-bond donors (Lipinski definition) is 0. The Balaban J connectivity index is 1.35. The predicted octanol–water partition coefficient (Wildman–Crippen LogP) is 4.72. The molecule has 2 aliphatic heterocycles. The maximum absolute atomic E-state index is 11.6. The van der Waals surface area contributed by atoms with Gasteiger partial charge in [0.15, 0.2) is 11.8 Å². The number of rotatable bonds is 8. The Morgan fingerprint density at radius 1 is 1.16 bits per heavy atom. The van der Waals surface area contributed by atoms with Crippen LogP contribution in [0.4, 0.5) is 0 Å². The molecule has 1 saturated carbocycles. The Hall–Kier alpha value is -3.26. The molecule has 2 unspecified atom stereocenters. The van der Waals surface area contributed by atoms with Crippen molar-refractivity contribution < 1.29 is 23.4 Å². The van der Waals surface area contributed by atoms with Crippen LogP contribution < -0.4 is 9.84 Å². The topological polar surface area (TPSA) is 83.3 Å². The zero-order valence-corrected chi connectivity index (χ0v) is 21.9. The lowest BCUT2D eigenvalue weighted by molar-refractivity contribution is -0.600. The van der Waals surface area contributed by atoms with Crippen LogP contribution in [0.1, 0.15) is 44.7 Å². The zero-order valence-electron chi connectivity index (χ0n) is 21.1. The van der Waals surface area contributed by atoms with E-state index in [1.165, 1.54) is 0 Å². The van der Waals surface area contributed by atoms with E-state index < -0.39 is 17.5 Å². The summed E-state index contributed by atoms with van der Waals surface area (Å²) in [5, 5.41) is 11.6. The lowest BCUT2D eigenvalue weighted by Gasteiger charge is -2.41. The number of hydrogen-bond acceptors (Lipinski definition) is 6. The van der Waals surface area contributed by atoms with E-state index in [4.69, 9.17) is 26.2 Å². The molecule has 3 aliphatic rings. The zero-order chi connectivity index (χ0) is 26.2. The maximum atomic E-state index is 11.6. The summed E-state index contributed by atoms with van der Waals surface area (Å²) < 4.78 is 11.8. The van der Waals surface area contributed by atoms with Crippen LogP contribution in [-0.2, 0) is 16.1 Å². The molecule has 0 spiro atoms. The van der Waals surface area contributed by atoms with Gasteiger partial charge >= 0.3 is 0 Å². The van der Waals surface area contributed by atoms with E-state index in [9.17, 15) is 9.90 Å². The van der Waals surface area contributed by atoms with E-state index in [1.807, 2.05) is 75.4 Å². The second-order valence-electron chi connectivity index (χ2n) is 10.7. The molecule has 2 aromatic carbocycles. The highest BCUT2D eigenvalue weighted by molar-refractivity contribution is 6.20. The number of quaternary nitrogens is 1. The molecule has 7 nitrogen and oxygen atoms in total. The van der Waals surface area contributed by atoms with E-state index in [0.29, 0.717) is 25.3 Å². The fraction of sp³-hybridized carbons (Fsp3) is 0.345. The van der Waals surface area contributed by atoms with E-state index in [-0.39, 0.29) is 16.0 Å². The van der Waals surface area contributed by atoms with Crippen molar-refractivity contribution in [1.29, 1.82) is 0 Å². The first kappa shape index (κ1) is 25.4. The van der Waals surface area contributed by atoms with Gasteiger partial charge in [-0.3, -0.25) is 4.99 Å². The van der Waals surface area contributed by atoms with Crippen LogP contribution in [0, 0.1) is 11.3 Å². The molecular formula is C29H30ClN3O4. The van der Waals surface area contributed by atoms with Crippen LogP contribution in [0.5, 0.6) is 5.75 Å². The van der Waals surface area contributed by atoms with Gasteiger partial charge in [0.25, 0.3) is 5.84 Å². The van der Waals surface area contributed by atoms with Gasteiger partial charge in [0, 0.05) is 5.92 Å². The highest BCUT2D eigenvalue weighted by atomic mass is 35.5.